The number of carbonyl (C=O) groups is 1. The van der Waals surface area contributed by atoms with Crippen molar-refractivity contribution in [2.45, 2.75) is 38.0 Å². The molecule has 5 nitrogen and oxygen atoms in total. The van der Waals surface area contributed by atoms with E-state index in [1.54, 1.807) is 0 Å². The zero-order valence-electron chi connectivity index (χ0n) is 13.0. The second-order valence-corrected chi connectivity index (χ2v) is 6.36. The third-order valence-electron chi connectivity index (χ3n) is 4.86. The van der Waals surface area contributed by atoms with Crippen LogP contribution in [0.25, 0.3) is 0 Å². The summed E-state index contributed by atoms with van der Waals surface area (Å²) in [5.74, 6) is 0.959. The Kier molecular flexibility index (Phi) is 4.58. The predicted molar refractivity (Wildman–Crippen MR) is 82.1 cm³/mol. The van der Waals surface area contributed by atoms with Crippen LogP contribution in [0.2, 0.25) is 0 Å². The molecule has 1 aromatic rings. The molecule has 0 N–H and O–H groups in total. The fraction of sp³-hybridized carbons (Fsp3) is 0.750. The van der Waals surface area contributed by atoms with Gasteiger partial charge in [-0.3, -0.25) is 9.48 Å². The standard InChI is InChI=1S/C16H26N4O/c1-18-15(7-8-17-18)14-5-2-9-19(13-14)10-4-12-20-11-3-6-16(20)21/h7-8,14H,2-6,9-13H2,1H3/t14-/m1/s1. The minimum Gasteiger partial charge on any atom is -0.343 e. The second kappa shape index (κ2) is 6.60. The number of hydrogen-bond acceptors (Lipinski definition) is 3. The first-order valence-electron chi connectivity index (χ1n) is 8.22. The van der Waals surface area contributed by atoms with E-state index in [1.165, 1.54) is 25.1 Å². The van der Waals surface area contributed by atoms with Gasteiger partial charge in [-0.05, 0) is 44.8 Å². The van der Waals surface area contributed by atoms with Crippen LogP contribution in [0.15, 0.2) is 12.3 Å². The normalized spacial score (nSPS) is 24.0. The first-order valence-corrected chi connectivity index (χ1v) is 8.22. The molecule has 2 aliphatic rings. The number of likely N-dealkylation sites (tertiary alicyclic amines) is 2. The van der Waals surface area contributed by atoms with Crippen LogP contribution in [0.4, 0.5) is 0 Å². The molecule has 0 saturated carbocycles. The molecule has 116 valence electrons. The molecule has 3 heterocycles. The second-order valence-electron chi connectivity index (χ2n) is 6.36. The maximum atomic E-state index is 11.6. The van der Waals surface area contributed by atoms with Crippen molar-refractivity contribution >= 4 is 5.91 Å². The first-order chi connectivity index (χ1) is 10.2. The molecule has 0 spiro atoms. The van der Waals surface area contributed by atoms with Crippen LogP contribution in [0.5, 0.6) is 0 Å². The number of carbonyl (C=O) groups excluding carboxylic acids is 1. The summed E-state index contributed by atoms with van der Waals surface area (Å²) in [4.78, 5) is 16.2. The van der Waals surface area contributed by atoms with Crippen molar-refractivity contribution in [3.05, 3.63) is 18.0 Å². The first kappa shape index (κ1) is 14.6. The van der Waals surface area contributed by atoms with Gasteiger partial charge in [0.1, 0.15) is 0 Å². The van der Waals surface area contributed by atoms with E-state index in [-0.39, 0.29) is 0 Å². The minimum absolute atomic E-state index is 0.349. The maximum Gasteiger partial charge on any atom is 0.222 e. The summed E-state index contributed by atoms with van der Waals surface area (Å²) in [5, 5.41) is 4.29. The molecule has 21 heavy (non-hydrogen) atoms. The molecular weight excluding hydrogens is 264 g/mol. The van der Waals surface area contributed by atoms with Crippen molar-refractivity contribution in [2.75, 3.05) is 32.7 Å². The highest BCUT2D eigenvalue weighted by Gasteiger charge is 2.24. The van der Waals surface area contributed by atoms with Crippen molar-refractivity contribution in [1.29, 1.82) is 0 Å². The predicted octanol–water partition coefficient (Wildman–Crippen LogP) is 1.61. The lowest BCUT2D eigenvalue weighted by atomic mass is 9.94. The molecule has 0 unspecified atom stereocenters. The molecule has 0 bridgehead atoms. The molecule has 5 heteroatoms. The Hall–Kier alpha value is -1.36. The van der Waals surface area contributed by atoms with E-state index in [2.05, 4.69) is 16.1 Å². The molecule has 1 aromatic heterocycles. The van der Waals surface area contributed by atoms with Gasteiger partial charge in [0, 0.05) is 50.9 Å². The third-order valence-corrected chi connectivity index (χ3v) is 4.86. The Morgan fingerprint density at radius 2 is 2.19 bits per heavy atom. The van der Waals surface area contributed by atoms with Gasteiger partial charge in [0.25, 0.3) is 0 Å². The summed E-state index contributed by atoms with van der Waals surface area (Å²) < 4.78 is 2.01. The Morgan fingerprint density at radius 3 is 2.90 bits per heavy atom. The van der Waals surface area contributed by atoms with Gasteiger partial charge in [-0.15, -0.1) is 0 Å². The number of aromatic nitrogens is 2. The van der Waals surface area contributed by atoms with Crippen LogP contribution in [-0.2, 0) is 11.8 Å². The topological polar surface area (TPSA) is 41.4 Å². The lowest BCUT2D eigenvalue weighted by Crippen LogP contribution is -2.37. The average molecular weight is 290 g/mol. The molecule has 2 saturated heterocycles. The Morgan fingerprint density at radius 1 is 1.29 bits per heavy atom. The molecule has 1 atom stereocenters. The van der Waals surface area contributed by atoms with Crippen LogP contribution in [0.3, 0.4) is 0 Å². The fourth-order valence-electron chi connectivity index (χ4n) is 3.71. The van der Waals surface area contributed by atoms with Gasteiger partial charge in [-0.25, -0.2) is 0 Å². The van der Waals surface area contributed by atoms with Gasteiger partial charge in [-0.1, -0.05) is 0 Å². The maximum absolute atomic E-state index is 11.6. The van der Waals surface area contributed by atoms with Crippen LogP contribution >= 0.6 is 0 Å². The Labute approximate surface area is 126 Å². The van der Waals surface area contributed by atoms with E-state index in [4.69, 9.17) is 0 Å². The zero-order valence-corrected chi connectivity index (χ0v) is 13.0. The van der Waals surface area contributed by atoms with E-state index in [0.29, 0.717) is 11.8 Å². The van der Waals surface area contributed by atoms with Gasteiger partial charge in [0.2, 0.25) is 5.91 Å². The summed E-state index contributed by atoms with van der Waals surface area (Å²) in [6.45, 7) is 5.34. The summed E-state index contributed by atoms with van der Waals surface area (Å²) in [7, 11) is 2.03. The fourth-order valence-corrected chi connectivity index (χ4v) is 3.71. The highest BCUT2D eigenvalue weighted by molar-refractivity contribution is 5.77. The summed E-state index contributed by atoms with van der Waals surface area (Å²) in [6, 6.07) is 2.15. The highest BCUT2D eigenvalue weighted by atomic mass is 16.2. The number of hydrogen-bond donors (Lipinski definition) is 0. The van der Waals surface area contributed by atoms with Crippen LogP contribution < -0.4 is 0 Å². The van der Waals surface area contributed by atoms with Crippen LogP contribution in [0, 0.1) is 0 Å². The van der Waals surface area contributed by atoms with Crippen molar-refractivity contribution < 1.29 is 4.79 Å². The lowest BCUT2D eigenvalue weighted by molar-refractivity contribution is -0.127. The Bertz CT molecular complexity index is 484. The Balaban J connectivity index is 1.46. The molecule has 1 amide bonds. The monoisotopic (exact) mass is 290 g/mol. The van der Waals surface area contributed by atoms with Crippen molar-refractivity contribution in [2.24, 2.45) is 7.05 Å². The van der Waals surface area contributed by atoms with Gasteiger partial charge >= 0.3 is 0 Å². The van der Waals surface area contributed by atoms with E-state index in [1.807, 2.05) is 22.8 Å². The van der Waals surface area contributed by atoms with Crippen molar-refractivity contribution in [1.82, 2.24) is 19.6 Å². The third kappa shape index (κ3) is 3.46. The molecule has 0 radical (unpaired) electrons. The molecule has 2 fully saturated rings. The number of aryl methyl sites for hydroxylation is 1. The van der Waals surface area contributed by atoms with E-state index in [0.717, 1.165) is 45.4 Å². The van der Waals surface area contributed by atoms with E-state index in [9.17, 15) is 4.79 Å². The number of nitrogens with zero attached hydrogens (tertiary/aromatic N) is 4. The zero-order chi connectivity index (χ0) is 14.7. The molecule has 0 aliphatic carbocycles. The average Bonchev–Trinajstić information content (AvgIpc) is 3.08. The van der Waals surface area contributed by atoms with E-state index < -0.39 is 0 Å². The van der Waals surface area contributed by atoms with Crippen LogP contribution in [0.1, 0.15) is 43.7 Å². The largest absolute Gasteiger partial charge is 0.343 e. The minimum atomic E-state index is 0.349. The van der Waals surface area contributed by atoms with E-state index >= 15 is 0 Å². The SMILES string of the molecule is Cn1nccc1[C@@H]1CCCN(CCCN2CCCC2=O)C1. The lowest BCUT2D eigenvalue weighted by Gasteiger charge is -2.33. The molecular formula is C16H26N4O. The highest BCUT2D eigenvalue weighted by Crippen LogP contribution is 2.26. The number of rotatable bonds is 5. The molecule has 3 rings (SSSR count). The van der Waals surface area contributed by atoms with Gasteiger partial charge in [0.05, 0.1) is 0 Å². The number of piperidine rings is 1. The van der Waals surface area contributed by atoms with Crippen molar-refractivity contribution in [3.8, 4) is 0 Å². The molecule has 0 aromatic carbocycles. The van der Waals surface area contributed by atoms with Gasteiger partial charge < -0.3 is 9.80 Å². The smallest absolute Gasteiger partial charge is 0.222 e. The quantitative estimate of drug-likeness (QED) is 0.827. The van der Waals surface area contributed by atoms with Crippen LogP contribution in [-0.4, -0.2) is 58.2 Å². The van der Waals surface area contributed by atoms with Gasteiger partial charge in [0.15, 0.2) is 0 Å². The molecule has 2 aliphatic heterocycles. The number of amides is 1. The summed E-state index contributed by atoms with van der Waals surface area (Å²) >= 11 is 0. The summed E-state index contributed by atoms with van der Waals surface area (Å²) in [5.41, 5.74) is 1.36. The summed E-state index contributed by atoms with van der Waals surface area (Å²) in [6.07, 6.45) is 7.33. The van der Waals surface area contributed by atoms with Gasteiger partial charge in [-0.2, -0.15) is 5.10 Å². The van der Waals surface area contributed by atoms with Crippen molar-refractivity contribution in [3.63, 3.8) is 0 Å².